The summed E-state index contributed by atoms with van der Waals surface area (Å²) in [4.78, 5) is 40.1. The summed E-state index contributed by atoms with van der Waals surface area (Å²) in [6.07, 6.45) is 0.745. The van der Waals surface area contributed by atoms with Crippen LogP contribution in [0.4, 0.5) is 4.79 Å². The molecular formula is C22H29N3O5. The monoisotopic (exact) mass is 415 g/mol. The number of ether oxygens (including phenoxy) is 2. The van der Waals surface area contributed by atoms with Gasteiger partial charge in [0, 0.05) is 32.1 Å². The van der Waals surface area contributed by atoms with Crippen molar-refractivity contribution in [2.45, 2.75) is 43.7 Å². The number of amides is 3. The van der Waals surface area contributed by atoms with Crippen molar-refractivity contribution in [1.82, 2.24) is 15.1 Å². The Bertz CT molecular complexity index is 832. The maximum Gasteiger partial charge on any atom is 0.320 e. The van der Waals surface area contributed by atoms with Gasteiger partial charge >= 0.3 is 12.0 Å². The second-order valence-corrected chi connectivity index (χ2v) is 8.88. The largest absolute Gasteiger partial charge is 0.468 e. The average Bonchev–Trinajstić information content (AvgIpc) is 2.71. The highest BCUT2D eigenvalue weighted by atomic mass is 16.5. The minimum Gasteiger partial charge on any atom is -0.468 e. The van der Waals surface area contributed by atoms with Gasteiger partial charge in [-0.3, -0.25) is 9.59 Å². The molecule has 3 aliphatic rings. The number of nitrogens with one attached hydrogen (secondary N) is 1. The quantitative estimate of drug-likeness (QED) is 0.751. The molecular weight excluding hydrogens is 386 g/mol. The molecule has 3 saturated heterocycles. The van der Waals surface area contributed by atoms with Crippen LogP contribution in [0.3, 0.4) is 0 Å². The van der Waals surface area contributed by atoms with Gasteiger partial charge < -0.3 is 24.6 Å². The Hall–Kier alpha value is -2.61. The SMILES string of the molecule is COC(=O)C(C)(C)c1ccc(C2CN(C(=O)N3CC[C@@H]4OCC(=O)NC4C3)C2)cc1. The topological polar surface area (TPSA) is 88.2 Å². The number of urea groups is 1. The van der Waals surface area contributed by atoms with Gasteiger partial charge in [0.2, 0.25) is 5.91 Å². The molecule has 1 unspecified atom stereocenters. The second kappa shape index (κ2) is 7.91. The zero-order chi connectivity index (χ0) is 21.5. The van der Waals surface area contributed by atoms with E-state index in [0.717, 1.165) is 17.5 Å². The molecule has 0 bridgehead atoms. The van der Waals surface area contributed by atoms with Gasteiger partial charge in [-0.25, -0.2) is 4.79 Å². The summed E-state index contributed by atoms with van der Waals surface area (Å²) in [6, 6.07) is 7.90. The first-order valence-corrected chi connectivity index (χ1v) is 10.4. The number of likely N-dealkylation sites (tertiary alicyclic amines) is 2. The Labute approximate surface area is 176 Å². The van der Waals surface area contributed by atoms with Crippen molar-refractivity contribution in [2.24, 2.45) is 0 Å². The molecule has 0 spiro atoms. The lowest BCUT2D eigenvalue weighted by molar-refractivity contribution is -0.146. The standard InChI is InChI=1S/C22H29N3O5/c1-22(2,20(27)29-3)16-6-4-14(5-7-16)15-10-25(11-15)21(28)24-9-8-18-17(12-24)23-19(26)13-30-18/h4-7,15,17-18H,8-13H2,1-3H3,(H,23,26)/t17?,18-/m0/s1. The van der Waals surface area contributed by atoms with E-state index < -0.39 is 5.41 Å². The zero-order valence-electron chi connectivity index (χ0n) is 17.7. The van der Waals surface area contributed by atoms with Gasteiger partial charge in [0.25, 0.3) is 0 Å². The van der Waals surface area contributed by atoms with Crippen molar-refractivity contribution in [1.29, 1.82) is 0 Å². The number of esters is 1. The van der Waals surface area contributed by atoms with Crippen molar-refractivity contribution < 1.29 is 23.9 Å². The van der Waals surface area contributed by atoms with Gasteiger partial charge in [0.1, 0.15) is 6.61 Å². The molecule has 1 N–H and O–H groups in total. The lowest BCUT2D eigenvalue weighted by atomic mass is 9.82. The van der Waals surface area contributed by atoms with E-state index in [-0.39, 0.29) is 36.7 Å². The van der Waals surface area contributed by atoms with Crippen LogP contribution in [0.25, 0.3) is 0 Å². The summed E-state index contributed by atoms with van der Waals surface area (Å²) in [5.74, 6) is -0.0909. The fraction of sp³-hybridized carbons (Fsp3) is 0.591. The highest BCUT2D eigenvalue weighted by Gasteiger charge is 2.40. The number of nitrogens with zero attached hydrogens (tertiary/aromatic N) is 2. The van der Waals surface area contributed by atoms with E-state index in [1.807, 2.05) is 47.9 Å². The molecule has 162 valence electrons. The maximum absolute atomic E-state index is 12.9. The van der Waals surface area contributed by atoms with Crippen molar-refractivity contribution in [3.05, 3.63) is 35.4 Å². The molecule has 0 aromatic heterocycles. The van der Waals surface area contributed by atoms with Crippen LogP contribution < -0.4 is 5.32 Å². The summed E-state index contributed by atoms with van der Waals surface area (Å²) >= 11 is 0. The normalized spacial score (nSPS) is 24.6. The molecule has 0 saturated carbocycles. The number of carbonyl (C=O) groups excluding carboxylic acids is 3. The van der Waals surface area contributed by atoms with E-state index in [9.17, 15) is 14.4 Å². The van der Waals surface area contributed by atoms with Crippen molar-refractivity contribution in [3.8, 4) is 0 Å². The molecule has 30 heavy (non-hydrogen) atoms. The first kappa shape index (κ1) is 20.7. The minimum atomic E-state index is -0.695. The molecule has 1 aromatic rings. The first-order valence-electron chi connectivity index (χ1n) is 10.4. The number of piperidine rings is 1. The third-order valence-electron chi connectivity index (χ3n) is 6.55. The molecule has 8 heteroatoms. The van der Waals surface area contributed by atoms with Crippen LogP contribution in [0, 0.1) is 0 Å². The predicted molar refractivity (Wildman–Crippen MR) is 109 cm³/mol. The third-order valence-corrected chi connectivity index (χ3v) is 6.55. The molecule has 3 fully saturated rings. The van der Waals surface area contributed by atoms with E-state index in [2.05, 4.69) is 5.32 Å². The molecule has 0 aliphatic carbocycles. The fourth-order valence-electron chi connectivity index (χ4n) is 4.46. The van der Waals surface area contributed by atoms with Gasteiger partial charge in [-0.05, 0) is 31.4 Å². The van der Waals surface area contributed by atoms with E-state index in [1.165, 1.54) is 7.11 Å². The highest BCUT2D eigenvalue weighted by Crippen LogP contribution is 2.31. The maximum atomic E-state index is 12.9. The molecule has 3 aliphatic heterocycles. The van der Waals surface area contributed by atoms with Gasteiger partial charge in [0.05, 0.1) is 24.7 Å². The number of carbonyl (C=O) groups is 3. The molecule has 1 aromatic carbocycles. The van der Waals surface area contributed by atoms with Crippen molar-refractivity contribution >= 4 is 17.9 Å². The fourth-order valence-corrected chi connectivity index (χ4v) is 4.46. The van der Waals surface area contributed by atoms with E-state index in [1.54, 1.807) is 0 Å². The Morgan fingerprint density at radius 1 is 1.13 bits per heavy atom. The number of hydrogen-bond donors (Lipinski definition) is 1. The van der Waals surface area contributed by atoms with Gasteiger partial charge in [-0.1, -0.05) is 24.3 Å². The molecule has 2 atom stereocenters. The van der Waals surface area contributed by atoms with E-state index in [0.29, 0.717) is 32.1 Å². The summed E-state index contributed by atoms with van der Waals surface area (Å²) in [5.41, 5.74) is 1.37. The summed E-state index contributed by atoms with van der Waals surface area (Å²) in [7, 11) is 1.40. The van der Waals surface area contributed by atoms with Crippen molar-refractivity contribution in [3.63, 3.8) is 0 Å². The number of morpholine rings is 1. The van der Waals surface area contributed by atoms with Crippen LogP contribution in [0.2, 0.25) is 0 Å². The Balaban J connectivity index is 1.32. The lowest BCUT2D eigenvalue weighted by Gasteiger charge is -2.46. The van der Waals surface area contributed by atoms with Gasteiger partial charge in [0.15, 0.2) is 0 Å². The molecule has 3 amide bonds. The molecule has 8 nitrogen and oxygen atoms in total. The van der Waals surface area contributed by atoms with Crippen LogP contribution in [0.5, 0.6) is 0 Å². The average molecular weight is 415 g/mol. The highest BCUT2D eigenvalue weighted by molar-refractivity contribution is 5.82. The van der Waals surface area contributed by atoms with Crippen LogP contribution >= 0.6 is 0 Å². The van der Waals surface area contributed by atoms with Crippen LogP contribution in [-0.4, -0.2) is 79.7 Å². The van der Waals surface area contributed by atoms with Crippen LogP contribution in [-0.2, 0) is 24.5 Å². The van der Waals surface area contributed by atoms with Gasteiger partial charge in [-0.2, -0.15) is 0 Å². The minimum absolute atomic E-state index is 0.00337. The van der Waals surface area contributed by atoms with Crippen LogP contribution in [0.1, 0.15) is 37.3 Å². The number of benzene rings is 1. The molecule has 3 heterocycles. The third kappa shape index (κ3) is 3.76. The van der Waals surface area contributed by atoms with E-state index >= 15 is 0 Å². The molecule has 0 radical (unpaired) electrons. The summed E-state index contributed by atoms with van der Waals surface area (Å²) < 4.78 is 10.5. The zero-order valence-corrected chi connectivity index (χ0v) is 17.7. The predicted octanol–water partition coefficient (Wildman–Crippen LogP) is 1.25. The number of rotatable bonds is 3. The number of fused-ring (bicyclic) bond motifs is 1. The Kier molecular flexibility index (Phi) is 5.44. The smallest absolute Gasteiger partial charge is 0.320 e. The van der Waals surface area contributed by atoms with E-state index in [4.69, 9.17) is 9.47 Å². The number of hydrogen-bond acceptors (Lipinski definition) is 5. The summed E-state index contributed by atoms with van der Waals surface area (Å²) in [6.45, 7) is 6.29. The second-order valence-electron chi connectivity index (χ2n) is 8.88. The Morgan fingerprint density at radius 3 is 2.50 bits per heavy atom. The van der Waals surface area contributed by atoms with Crippen LogP contribution in [0.15, 0.2) is 24.3 Å². The lowest BCUT2D eigenvalue weighted by Crippen LogP contribution is -2.63. The van der Waals surface area contributed by atoms with Gasteiger partial charge in [-0.15, -0.1) is 0 Å². The van der Waals surface area contributed by atoms with Crippen molar-refractivity contribution in [2.75, 3.05) is 39.9 Å². The number of methoxy groups -OCH3 is 1. The summed E-state index contributed by atoms with van der Waals surface area (Å²) in [5, 5.41) is 2.93. The Morgan fingerprint density at radius 2 is 1.83 bits per heavy atom. The molecule has 4 rings (SSSR count). The first-order chi connectivity index (χ1) is 14.3.